The van der Waals surface area contributed by atoms with E-state index >= 15 is 0 Å². The average Bonchev–Trinajstić information content (AvgIpc) is 2.89. The van der Waals surface area contributed by atoms with E-state index in [4.69, 9.17) is 17.3 Å². The van der Waals surface area contributed by atoms with E-state index < -0.39 is 10.0 Å². The number of anilines is 1. The van der Waals surface area contributed by atoms with Crippen LogP contribution in [0.4, 0.5) is 5.69 Å². The lowest BCUT2D eigenvalue weighted by molar-refractivity contribution is 0.553. The number of nitrogens with one attached hydrogen (secondary N) is 1. The van der Waals surface area contributed by atoms with E-state index in [0.29, 0.717) is 6.42 Å². The highest BCUT2D eigenvalue weighted by molar-refractivity contribution is 7.89. The van der Waals surface area contributed by atoms with Crippen LogP contribution in [-0.2, 0) is 10.0 Å². The van der Waals surface area contributed by atoms with Crippen LogP contribution >= 0.6 is 22.9 Å². The Morgan fingerprint density at radius 1 is 1.35 bits per heavy atom. The number of rotatable bonds is 5. The molecule has 2 rings (SSSR count). The van der Waals surface area contributed by atoms with E-state index in [1.165, 1.54) is 23.5 Å². The summed E-state index contributed by atoms with van der Waals surface area (Å²) in [5.41, 5.74) is 5.89. The van der Waals surface area contributed by atoms with Gasteiger partial charge in [0.1, 0.15) is 4.90 Å². The van der Waals surface area contributed by atoms with E-state index in [0.717, 1.165) is 4.88 Å². The van der Waals surface area contributed by atoms with Crippen LogP contribution in [0.3, 0.4) is 0 Å². The molecule has 108 valence electrons. The molecule has 0 spiro atoms. The number of thiophene rings is 1. The Morgan fingerprint density at radius 3 is 2.65 bits per heavy atom. The lowest BCUT2D eigenvalue weighted by Crippen LogP contribution is -2.28. The molecular formula is C13H15ClN2O2S2. The topological polar surface area (TPSA) is 72.2 Å². The van der Waals surface area contributed by atoms with Crippen molar-refractivity contribution in [2.45, 2.75) is 24.3 Å². The molecule has 0 radical (unpaired) electrons. The first-order chi connectivity index (χ1) is 9.45. The first-order valence-electron chi connectivity index (χ1n) is 6.05. The molecule has 0 aliphatic heterocycles. The van der Waals surface area contributed by atoms with Crippen molar-refractivity contribution >= 4 is 38.6 Å². The second-order valence-electron chi connectivity index (χ2n) is 4.26. The van der Waals surface area contributed by atoms with Gasteiger partial charge in [0.2, 0.25) is 10.0 Å². The maximum absolute atomic E-state index is 12.5. The first-order valence-corrected chi connectivity index (χ1v) is 8.79. The molecule has 2 aromatic rings. The summed E-state index contributed by atoms with van der Waals surface area (Å²) in [6, 6.07) is 8.16. The maximum atomic E-state index is 12.5. The van der Waals surface area contributed by atoms with Gasteiger partial charge in [-0.1, -0.05) is 30.7 Å². The Kier molecular flexibility index (Phi) is 4.70. The number of hydrogen-bond acceptors (Lipinski definition) is 4. The van der Waals surface area contributed by atoms with Gasteiger partial charge in [-0.05, 0) is 30.0 Å². The Bertz CT molecular complexity index is 664. The Labute approximate surface area is 127 Å². The molecule has 0 saturated carbocycles. The minimum absolute atomic E-state index is 0.0586. The third-order valence-electron chi connectivity index (χ3n) is 2.86. The highest BCUT2D eigenvalue weighted by Crippen LogP contribution is 2.30. The Hall–Kier alpha value is -1.08. The van der Waals surface area contributed by atoms with Gasteiger partial charge in [-0.2, -0.15) is 0 Å². The fourth-order valence-corrected chi connectivity index (χ4v) is 4.80. The molecule has 1 aromatic heterocycles. The fraction of sp³-hybridized carbons (Fsp3) is 0.231. The van der Waals surface area contributed by atoms with E-state index in [2.05, 4.69) is 4.72 Å². The monoisotopic (exact) mass is 330 g/mol. The van der Waals surface area contributed by atoms with Gasteiger partial charge in [-0.25, -0.2) is 13.1 Å². The smallest absolute Gasteiger partial charge is 0.244 e. The Balaban J connectivity index is 2.36. The van der Waals surface area contributed by atoms with Crippen molar-refractivity contribution in [1.82, 2.24) is 4.72 Å². The van der Waals surface area contributed by atoms with Crippen LogP contribution < -0.4 is 10.5 Å². The molecule has 1 aromatic carbocycles. The van der Waals surface area contributed by atoms with E-state index in [-0.39, 0.29) is 21.6 Å². The van der Waals surface area contributed by atoms with Crippen molar-refractivity contribution in [3.05, 3.63) is 45.6 Å². The summed E-state index contributed by atoms with van der Waals surface area (Å²) in [5, 5.41) is 2.04. The normalized spacial score (nSPS) is 13.3. The molecule has 0 saturated heterocycles. The summed E-state index contributed by atoms with van der Waals surface area (Å²) >= 11 is 7.48. The molecule has 0 bridgehead atoms. The number of nitrogen functional groups attached to an aromatic ring is 1. The number of halogens is 1. The minimum Gasteiger partial charge on any atom is -0.398 e. The van der Waals surface area contributed by atoms with Crippen molar-refractivity contribution < 1.29 is 8.42 Å². The van der Waals surface area contributed by atoms with Gasteiger partial charge in [0.15, 0.2) is 0 Å². The molecule has 7 heteroatoms. The zero-order valence-corrected chi connectivity index (χ0v) is 13.2. The third kappa shape index (κ3) is 3.15. The van der Waals surface area contributed by atoms with Crippen LogP contribution in [0.5, 0.6) is 0 Å². The number of nitrogens with two attached hydrogens (primary N) is 1. The molecule has 0 aliphatic rings. The molecule has 4 nitrogen and oxygen atoms in total. The van der Waals surface area contributed by atoms with Gasteiger partial charge in [-0.15, -0.1) is 11.3 Å². The van der Waals surface area contributed by atoms with Crippen LogP contribution in [0.15, 0.2) is 40.6 Å². The highest BCUT2D eigenvalue weighted by atomic mass is 35.5. The summed E-state index contributed by atoms with van der Waals surface area (Å²) in [5.74, 6) is 0. The average molecular weight is 331 g/mol. The highest BCUT2D eigenvalue weighted by Gasteiger charge is 2.25. The molecule has 0 amide bonds. The largest absolute Gasteiger partial charge is 0.398 e. The molecule has 1 unspecified atom stereocenters. The maximum Gasteiger partial charge on any atom is 0.244 e. The number of benzene rings is 1. The van der Waals surface area contributed by atoms with Crippen molar-refractivity contribution in [3.8, 4) is 0 Å². The summed E-state index contributed by atoms with van der Waals surface area (Å²) in [4.78, 5) is 0.901. The standard InChI is InChI=1S/C13H15ClN2O2S2/c1-2-11(12-7-4-8-19-12)16-20(17,18)13-9(14)5-3-6-10(13)15/h3-8,11,16H,2,15H2,1H3. The number of sulfonamides is 1. The summed E-state index contributed by atoms with van der Waals surface area (Å²) in [6.45, 7) is 1.92. The SMILES string of the molecule is CCC(NS(=O)(=O)c1c(N)cccc1Cl)c1cccs1. The van der Waals surface area contributed by atoms with Crippen LogP contribution in [0.2, 0.25) is 5.02 Å². The lowest BCUT2D eigenvalue weighted by atomic mass is 10.2. The van der Waals surface area contributed by atoms with Crippen LogP contribution in [0.25, 0.3) is 0 Å². The molecule has 1 heterocycles. The van der Waals surface area contributed by atoms with Crippen LogP contribution in [0, 0.1) is 0 Å². The third-order valence-corrected chi connectivity index (χ3v) is 5.86. The molecule has 0 aliphatic carbocycles. The van der Waals surface area contributed by atoms with Crippen LogP contribution in [-0.4, -0.2) is 8.42 Å². The minimum atomic E-state index is -3.76. The molecule has 0 fully saturated rings. The van der Waals surface area contributed by atoms with E-state index in [1.54, 1.807) is 6.07 Å². The molecular weight excluding hydrogens is 316 g/mol. The van der Waals surface area contributed by atoms with Crippen molar-refractivity contribution in [2.24, 2.45) is 0 Å². The van der Waals surface area contributed by atoms with E-state index in [1.807, 2.05) is 24.4 Å². The zero-order valence-electron chi connectivity index (χ0n) is 10.8. The Morgan fingerprint density at radius 2 is 2.10 bits per heavy atom. The molecule has 3 N–H and O–H groups in total. The van der Waals surface area contributed by atoms with Crippen LogP contribution in [0.1, 0.15) is 24.3 Å². The predicted molar refractivity (Wildman–Crippen MR) is 83.5 cm³/mol. The lowest BCUT2D eigenvalue weighted by Gasteiger charge is -2.17. The van der Waals surface area contributed by atoms with E-state index in [9.17, 15) is 8.42 Å². The van der Waals surface area contributed by atoms with Crippen molar-refractivity contribution in [2.75, 3.05) is 5.73 Å². The fourth-order valence-electron chi connectivity index (χ4n) is 1.89. The first kappa shape index (κ1) is 15.3. The van der Waals surface area contributed by atoms with Gasteiger partial charge in [0.25, 0.3) is 0 Å². The van der Waals surface area contributed by atoms with Crippen molar-refractivity contribution in [3.63, 3.8) is 0 Å². The molecule has 20 heavy (non-hydrogen) atoms. The summed E-state index contributed by atoms with van der Waals surface area (Å²) in [6.07, 6.45) is 0.643. The van der Waals surface area contributed by atoms with Gasteiger partial charge >= 0.3 is 0 Å². The quantitative estimate of drug-likeness (QED) is 0.825. The number of hydrogen-bond donors (Lipinski definition) is 2. The van der Waals surface area contributed by atoms with Gasteiger partial charge in [0.05, 0.1) is 16.8 Å². The second kappa shape index (κ2) is 6.13. The summed E-state index contributed by atoms with van der Waals surface area (Å²) < 4.78 is 27.6. The predicted octanol–water partition coefficient (Wildman–Crippen LogP) is 3.41. The van der Waals surface area contributed by atoms with Gasteiger partial charge < -0.3 is 5.73 Å². The van der Waals surface area contributed by atoms with Gasteiger partial charge in [0, 0.05) is 4.88 Å². The molecule has 1 atom stereocenters. The second-order valence-corrected chi connectivity index (χ2v) is 7.29. The van der Waals surface area contributed by atoms with Gasteiger partial charge in [-0.3, -0.25) is 0 Å². The van der Waals surface area contributed by atoms with Crippen molar-refractivity contribution in [1.29, 1.82) is 0 Å². The zero-order chi connectivity index (χ0) is 14.8. The summed E-state index contributed by atoms with van der Waals surface area (Å²) in [7, 11) is -3.76.